The highest BCUT2D eigenvalue weighted by atomic mass is 31.2. The predicted octanol–water partition coefficient (Wildman–Crippen LogP) is 7.20. The first kappa shape index (κ1) is 44.1. The Balaban J connectivity index is 1.49. The molecular weight excluding hydrogens is 753 g/mol. The highest BCUT2D eigenvalue weighted by Crippen LogP contribution is 2.49. The minimum absolute atomic E-state index is 0.153. The first-order valence-electron chi connectivity index (χ1n) is 20.0. The molecule has 3 heterocycles. The fourth-order valence-electron chi connectivity index (χ4n) is 6.98. The zero-order valence-corrected chi connectivity index (χ0v) is 35.6. The van der Waals surface area contributed by atoms with Crippen LogP contribution in [-0.4, -0.2) is 69.6 Å². The smallest absolute Gasteiger partial charge is 0.459 e. The van der Waals surface area contributed by atoms with Crippen molar-refractivity contribution in [1.82, 2.24) is 19.7 Å². The highest BCUT2D eigenvalue weighted by Gasteiger charge is 2.59. The summed E-state index contributed by atoms with van der Waals surface area (Å²) in [6.07, 6.45) is 4.17. The largest absolute Gasteiger partial charge is 0.461 e. The van der Waals surface area contributed by atoms with E-state index in [0.717, 1.165) is 44.1 Å². The first-order valence-corrected chi connectivity index (χ1v) is 21.6. The Hall–Kier alpha value is -4.04. The zero-order valence-electron chi connectivity index (χ0n) is 34.7. The molecule has 314 valence electrons. The van der Waals surface area contributed by atoms with Crippen LogP contribution in [0.2, 0.25) is 0 Å². The third kappa shape index (κ3) is 10.7. The predicted molar refractivity (Wildman–Crippen MR) is 213 cm³/mol. The van der Waals surface area contributed by atoms with Gasteiger partial charge in [-0.25, -0.2) is 14.1 Å². The monoisotopic (exact) mass is 813 g/mol. The molecule has 1 saturated carbocycles. The third-order valence-corrected chi connectivity index (χ3v) is 12.1. The van der Waals surface area contributed by atoms with Gasteiger partial charge in [0.2, 0.25) is 0 Å². The maximum absolute atomic E-state index is 14.9. The van der Waals surface area contributed by atoms with Crippen molar-refractivity contribution in [3.8, 4) is 5.75 Å². The van der Waals surface area contributed by atoms with Crippen LogP contribution in [0.5, 0.6) is 5.75 Å². The number of carbonyl (C=O) groups is 3. The van der Waals surface area contributed by atoms with E-state index in [4.69, 9.17) is 33.7 Å². The Bertz CT molecular complexity index is 1900. The Morgan fingerprint density at radius 1 is 0.912 bits per heavy atom. The van der Waals surface area contributed by atoms with Crippen molar-refractivity contribution in [1.29, 1.82) is 0 Å². The van der Waals surface area contributed by atoms with Gasteiger partial charge in [0, 0.05) is 0 Å². The van der Waals surface area contributed by atoms with Crippen molar-refractivity contribution in [2.45, 2.75) is 149 Å². The third-order valence-electron chi connectivity index (χ3n) is 10.4. The van der Waals surface area contributed by atoms with Gasteiger partial charge >= 0.3 is 25.7 Å². The Labute approximate surface area is 335 Å². The van der Waals surface area contributed by atoms with Crippen molar-refractivity contribution >= 4 is 37.0 Å². The lowest BCUT2D eigenvalue weighted by molar-refractivity contribution is -0.175. The first-order chi connectivity index (χ1) is 26.8. The second-order valence-corrected chi connectivity index (χ2v) is 18.6. The van der Waals surface area contributed by atoms with Crippen LogP contribution >= 0.6 is 7.75 Å². The number of fused-ring (bicyclic) bond motifs is 1. The highest BCUT2D eigenvalue weighted by molar-refractivity contribution is 7.52. The number of benzene rings is 1. The Morgan fingerprint density at radius 3 is 2.14 bits per heavy atom. The van der Waals surface area contributed by atoms with E-state index in [2.05, 4.69) is 35.9 Å². The van der Waals surface area contributed by atoms with E-state index in [0.29, 0.717) is 11.2 Å². The molecule has 1 aromatic carbocycles. The summed E-state index contributed by atoms with van der Waals surface area (Å²) in [5.74, 6) is -2.41. The topological polar surface area (TPSA) is 192 Å². The van der Waals surface area contributed by atoms with Gasteiger partial charge < -0.3 is 29.2 Å². The second-order valence-electron chi connectivity index (χ2n) is 16.9. The number of nitrogens with two attached hydrogens (primary N) is 1. The van der Waals surface area contributed by atoms with Crippen LogP contribution in [0.3, 0.4) is 0 Å². The average Bonchev–Trinajstić information content (AvgIpc) is 3.68. The Morgan fingerprint density at radius 2 is 1.53 bits per heavy atom. The summed E-state index contributed by atoms with van der Waals surface area (Å²) in [6, 6.07) is 9.40. The molecule has 2 aromatic heterocycles. The van der Waals surface area contributed by atoms with Gasteiger partial charge in [-0.05, 0) is 74.8 Å². The van der Waals surface area contributed by atoms with Gasteiger partial charge in [0.05, 0.1) is 24.1 Å². The maximum atomic E-state index is 14.9. The van der Waals surface area contributed by atoms with E-state index < -0.39 is 74.1 Å². The number of carbonyl (C=O) groups excluding carboxylic acids is 3. The van der Waals surface area contributed by atoms with Crippen LogP contribution in [0.1, 0.15) is 119 Å². The summed E-state index contributed by atoms with van der Waals surface area (Å²) >= 11 is 0. The number of ether oxygens (including phenoxy) is 4. The summed E-state index contributed by atoms with van der Waals surface area (Å²) in [5.41, 5.74) is 6.42. The van der Waals surface area contributed by atoms with Gasteiger partial charge in [-0.15, -0.1) is 0 Å². The molecule has 16 heteroatoms. The van der Waals surface area contributed by atoms with Gasteiger partial charge in [-0.1, -0.05) is 79.9 Å². The number of rotatable bonds is 14. The van der Waals surface area contributed by atoms with E-state index in [-0.39, 0.29) is 23.1 Å². The van der Waals surface area contributed by atoms with Crippen LogP contribution in [0.15, 0.2) is 42.7 Å². The molecule has 1 aliphatic carbocycles. The summed E-state index contributed by atoms with van der Waals surface area (Å²) in [5, 5.41) is 7.17. The summed E-state index contributed by atoms with van der Waals surface area (Å²) in [6.45, 7) is 15.7. The van der Waals surface area contributed by atoms with Gasteiger partial charge in [0.15, 0.2) is 18.0 Å². The van der Waals surface area contributed by atoms with E-state index in [1.165, 1.54) is 24.2 Å². The maximum Gasteiger partial charge on any atom is 0.459 e. The van der Waals surface area contributed by atoms with Crippen molar-refractivity contribution in [3.05, 3.63) is 54.0 Å². The van der Waals surface area contributed by atoms with Crippen LogP contribution < -0.4 is 15.3 Å². The molecule has 3 N–H and O–H groups in total. The number of nitrogens with zero attached hydrogens (tertiary/aromatic N) is 3. The summed E-state index contributed by atoms with van der Waals surface area (Å²) in [4.78, 5) is 44.1. The SMILES string of the molecule is CC(C)C(=O)O[C@H]1[C@@H](OC(=O)C(C)C)[C@](C)(c2ccc3c(N)ncnn23)O[C@@H]1COP(=O)(N[C@@H](C)C(=O)OC1CCCCCCC1)Oc1ccc(C(C)(C)C)cc1. The van der Waals surface area contributed by atoms with Crippen LogP contribution in [0.4, 0.5) is 5.82 Å². The van der Waals surface area contributed by atoms with Crippen LogP contribution in [0.25, 0.3) is 5.52 Å². The van der Waals surface area contributed by atoms with Crippen molar-refractivity contribution in [2.24, 2.45) is 11.8 Å². The lowest BCUT2D eigenvalue weighted by atomic mass is 9.87. The van der Waals surface area contributed by atoms with E-state index in [9.17, 15) is 18.9 Å². The number of hydrogen-bond donors (Lipinski definition) is 2. The molecule has 3 aromatic rings. The molecule has 15 nitrogen and oxygen atoms in total. The number of anilines is 1. The average molecular weight is 814 g/mol. The minimum atomic E-state index is -4.44. The number of nitrogens with one attached hydrogen (secondary N) is 1. The molecule has 0 amide bonds. The number of esters is 3. The minimum Gasteiger partial charge on any atom is -0.461 e. The molecule has 1 aliphatic heterocycles. The molecule has 0 spiro atoms. The molecule has 1 unspecified atom stereocenters. The molecule has 1 saturated heterocycles. The molecule has 2 fully saturated rings. The molecular formula is C41H60N5O10P. The lowest BCUT2D eigenvalue weighted by Gasteiger charge is -2.31. The fourth-order valence-corrected chi connectivity index (χ4v) is 8.48. The second kappa shape index (κ2) is 18.3. The molecule has 2 aliphatic rings. The van der Waals surface area contributed by atoms with Gasteiger partial charge in [0.1, 0.15) is 41.4 Å². The van der Waals surface area contributed by atoms with Crippen LogP contribution in [-0.2, 0) is 53.4 Å². The molecule has 0 bridgehead atoms. The number of nitrogen functional groups attached to an aromatic ring is 1. The summed E-state index contributed by atoms with van der Waals surface area (Å²) in [7, 11) is -4.44. The fraction of sp³-hybridized carbons (Fsp3) is 0.634. The lowest BCUT2D eigenvalue weighted by Crippen LogP contribution is -2.46. The zero-order chi connectivity index (χ0) is 41.7. The number of aromatic nitrogens is 3. The van der Waals surface area contributed by atoms with E-state index >= 15 is 0 Å². The van der Waals surface area contributed by atoms with E-state index in [1.807, 2.05) is 12.1 Å². The quantitative estimate of drug-likeness (QED) is 0.0944. The molecule has 0 radical (unpaired) electrons. The normalized spacial score (nSPS) is 23.7. The summed E-state index contributed by atoms with van der Waals surface area (Å²) < 4.78 is 53.4. The van der Waals surface area contributed by atoms with Crippen molar-refractivity contribution in [2.75, 3.05) is 12.3 Å². The molecule has 6 atom stereocenters. The number of hydrogen-bond acceptors (Lipinski definition) is 13. The van der Waals surface area contributed by atoms with Crippen molar-refractivity contribution < 1.29 is 46.9 Å². The van der Waals surface area contributed by atoms with Gasteiger partial charge in [-0.2, -0.15) is 10.2 Å². The van der Waals surface area contributed by atoms with E-state index in [1.54, 1.807) is 58.9 Å². The molecule has 57 heavy (non-hydrogen) atoms. The molecule has 5 rings (SSSR count). The van der Waals surface area contributed by atoms with Gasteiger partial charge in [-0.3, -0.25) is 18.9 Å². The standard InChI is InChI=1S/C41H60N5O10P/c1-25(2)37(47)53-34-32(55-41(9,35(34)54-38(48)26(3)4)33-22-21-31-36(42)43-24-44-46(31)33)23-51-57(50,56-30-19-17-28(18-20-30)40(6,7)8)45-27(5)39(49)52-29-15-13-11-10-12-14-16-29/h17-22,24-27,29,32,34-35H,10-16,23H2,1-9H3,(H,45,50)(H2,42,43,44)/t27-,32+,34+,35+,41-,57?/m0/s1. The van der Waals surface area contributed by atoms with Crippen LogP contribution in [0, 0.1) is 11.8 Å². The van der Waals surface area contributed by atoms with Crippen molar-refractivity contribution in [3.63, 3.8) is 0 Å². The van der Waals surface area contributed by atoms with Gasteiger partial charge in [0.25, 0.3) is 0 Å². The Kier molecular flexibility index (Phi) is 14.1.